The van der Waals surface area contributed by atoms with Gasteiger partial charge in [-0.25, -0.2) is 0 Å². The maximum absolute atomic E-state index is 11.9. The number of nitrogens with zero attached hydrogens (tertiary/aromatic N) is 1. The van der Waals surface area contributed by atoms with E-state index in [9.17, 15) is 4.79 Å². The van der Waals surface area contributed by atoms with Crippen LogP contribution < -0.4 is 0 Å². The average Bonchev–Trinajstić information content (AvgIpc) is 2.47. The summed E-state index contributed by atoms with van der Waals surface area (Å²) in [6.45, 7) is 2.18. The molecule has 0 bridgehead atoms. The predicted octanol–water partition coefficient (Wildman–Crippen LogP) is 3.69. The zero-order valence-corrected chi connectivity index (χ0v) is 12.2. The molecule has 0 aliphatic heterocycles. The van der Waals surface area contributed by atoms with Gasteiger partial charge in [-0.2, -0.15) is 0 Å². The number of esters is 1. The maximum Gasteiger partial charge on any atom is 0.316 e. The zero-order chi connectivity index (χ0) is 13.5. The molecule has 1 aliphatic carbocycles. The summed E-state index contributed by atoms with van der Waals surface area (Å²) >= 11 is 1.51. The third kappa shape index (κ3) is 4.53. The Balaban J connectivity index is 1.77. The molecule has 1 aromatic heterocycles. The van der Waals surface area contributed by atoms with Crippen molar-refractivity contribution in [2.45, 2.75) is 50.0 Å². The van der Waals surface area contributed by atoms with Crippen LogP contribution in [0.3, 0.4) is 0 Å². The van der Waals surface area contributed by atoms with Crippen molar-refractivity contribution in [1.29, 1.82) is 0 Å². The summed E-state index contributed by atoms with van der Waals surface area (Å²) in [6, 6.07) is 3.82. The average molecular weight is 279 g/mol. The molecule has 1 fully saturated rings. The minimum atomic E-state index is -0.0906. The largest absolute Gasteiger partial charge is 0.461 e. The lowest BCUT2D eigenvalue weighted by molar-refractivity contribution is -0.150. The maximum atomic E-state index is 11.9. The van der Waals surface area contributed by atoms with Gasteiger partial charge in [0.1, 0.15) is 6.10 Å². The standard InChI is InChI=1S/C15H21NO2S/c1-2-12-5-3-4-6-14(12)18-15(17)11-19-13-7-9-16-10-8-13/h7-10,12,14H,2-6,11H2,1H3/t12-,14-/m0/s1. The monoisotopic (exact) mass is 279 g/mol. The van der Waals surface area contributed by atoms with Gasteiger partial charge in [0, 0.05) is 17.3 Å². The predicted molar refractivity (Wildman–Crippen MR) is 77.1 cm³/mol. The van der Waals surface area contributed by atoms with Crippen LogP contribution in [0, 0.1) is 5.92 Å². The van der Waals surface area contributed by atoms with E-state index in [1.165, 1.54) is 31.0 Å². The molecule has 0 spiro atoms. The smallest absolute Gasteiger partial charge is 0.316 e. The normalized spacial score (nSPS) is 23.0. The molecule has 4 heteroatoms. The van der Waals surface area contributed by atoms with Crippen molar-refractivity contribution >= 4 is 17.7 Å². The van der Waals surface area contributed by atoms with Gasteiger partial charge in [-0.3, -0.25) is 9.78 Å². The summed E-state index contributed by atoms with van der Waals surface area (Å²) < 4.78 is 5.64. The van der Waals surface area contributed by atoms with Gasteiger partial charge in [-0.1, -0.05) is 13.3 Å². The fraction of sp³-hybridized carbons (Fsp3) is 0.600. The fourth-order valence-corrected chi connectivity index (χ4v) is 3.24. The lowest BCUT2D eigenvalue weighted by atomic mass is 9.85. The summed E-state index contributed by atoms with van der Waals surface area (Å²) in [5.74, 6) is 0.854. The number of carbonyl (C=O) groups excluding carboxylic acids is 1. The summed E-state index contributed by atoms with van der Waals surface area (Å²) in [5.41, 5.74) is 0. The van der Waals surface area contributed by atoms with E-state index < -0.39 is 0 Å². The molecule has 104 valence electrons. The van der Waals surface area contributed by atoms with E-state index in [0.29, 0.717) is 11.7 Å². The minimum Gasteiger partial charge on any atom is -0.461 e. The van der Waals surface area contributed by atoms with Gasteiger partial charge < -0.3 is 4.74 Å². The molecule has 1 saturated carbocycles. The molecule has 0 radical (unpaired) electrons. The molecule has 0 unspecified atom stereocenters. The lowest BCUT2D eigenvalue weighted by Crippen LogP contribution is -2.30. The Morgan fingerprint density at radius 1 is 1.37 bits per heavy atom. The van der Waals surface area contributed by atoms with Gasteiger partial charge in [0.25, 0.3) is 0 Å². The van der Waals surface area contributed by atoms with Crippen molar-refractivity contribution in [2.24, 2.45) is 5.92 Å². The number of aromatic nitrogens is 1. The van der Waals surface area contributed by atoms with E-state index in [2.05, 4.69) is 11.9 Å². The first-order chi connectivity index (χ1) is 9.29. The lowest BCUT2D eigenvalue weighted by Gasteiger charge is -2.30. The number of rotatable bonds is 5. The topological polar surface area (TPSA) is 39.2 Å². The summed E-state index contributed by atoms with van der Waals surface area (Å²) in [6.07, 6.45) is 9.42. The second-order valence-corrected chi connectivity index (χ2v) is 6.00. The Morgan fingerprint density at radius 3 is 2.84 bits per heavy atom. The third-order valence-electron chi connectivity index (χ3n) is 3.65. The van der Waals surface area contributed by atoms with Crippen molar-refractivity contribution < 1.29 is 9.53 Å². The van der Waals surface area contributed by atoms with Gasteiger partial charge >= 0.3 is 5.97 Å². The van der Waals surface area contributed by atoms with Gasteiger partial charge in [-0.05, 0) is 43.7 Å². The molecule has 0 N–H and O–H groups in total. The fourth-order valence-electron chi connectivity index (χ4n) is 2.58. The zero-order valence-electron chi connectivity index (χ0n) is 11.4. The summed E-state index contributed by atoms with van der Waals surface area (Å²) in [4.78, 5) is 16.9. The molecule has 0 aromatic carbocycles. The molecule has 3 nitrogen and oxygen atoms in total. The molecule has 2 atom stereocenters. The van der Waals surface area contributed by atoms with Crippen LogP contribution in [0.25, 0.3) is 0 Å². The van der Waals surface area contributed by atoms with E-state index in [-0.39, 0.29) is 12.1 Å². The van der Waals surface area contributed by atoms with Gasteiger partial charge in [0.15, 0.2) is 0 Å². The van der Waals surface area contributed by atoms with E-state index in [1.807, 2.05) is 12.1 Å². The van der Waals surface area contributed by atoms with Gasteiger partial charge in [-0.15, -0.1) is 11.8 Å². The van der Waals surface area contributed by atoms with Crippen molar-refractivity contribution in [3.05, 3.63) is 24.5 Å². The minimum absolute atomic E-state index is 0.0906. The molecular formula is C15H21NO2S. The summed E-state index contributed by atoms with van der Waals surface area (Å²) in [7, 11) is 0. The molecule has 19 heavy (non-hydrogen) atoms. The molecule has 1 aromatic rings. The Kier molecular flexibility index (Phi) is 5.70. The Hall–Kier alpha value is -1.03. The Bertz CT molecular complexity index is 396. The molecule has 1 heterocycles. The first-order valence-electron chi connectivity index (χ1n) is 7.02. The third-order valence-corrected chi connectivity index (χ3v) is 4.64. The second kappa shape index (κ2) is 7.53. The van der Waals surface area contributed by atoms with E-state index in [1.54, 1.807) is 12.4 Å². The molecule has 0 saturated heterocycles. The van der Waals surface area contributed by atoms with Crippen LogP contribution >= 0.6 is 11.8 Å². The Morgan fingerprint density at radius 2 is 2.11 bits per heavy atom. The number of thioether (sulfide) groups is 1. The quantitative estimate of drug-likeness (QED) is 0.609. The van der Waals surface area contributed by atoms with Gasteiger partial charge in [0.05, 0.1) is 5.75 Å². The van der Waals surface area contributed by atoms with Crippen LogP contribution in [0.1, 0.15) is 39.0 Å². The molecular weight excluding hydrogens is 258 g/mol. The highest BCUT2D eigenvalue weighted by molar-refractivity contribution is 8.00. The highest BCUT2D eigenvalue weighted by atomic mass is 32.2. The first-order valence-corrected chi connectivity index (χ1v) is 8.00. The number of hydrogen-bond acceptors (Lipinski definition) is 4. The van der Waals surface area contributed by atoms with Crippen LogP contribution in [0.15, 0.2) is 29.4 Å². The van der Waals surface area contributed by atoms with Crippen LogP contribution in [0.2, 0.25) is 0 Å². The van der Waals surface area contributed by atoms with Crippen LogP contribution in [0.5, 0.6) is 0 Å². The van der Waals surface area contributed by atoms with Crippen molar-refractivity contribution in [3.8, 4) is 0 Å². The second-order valence-electron chi connectivity index (χ2n) is 4.95. The molecule has 1 aliphatic rings. The van der Waals surface area contributed by atoms with E-state index in [0.717, 1.165) is 17.7 Å². The Labute approximate surface area is 119 Å². The number of pyridine rings is 1. The van der Waals surface area contributed by atoms with Crippen molar-refractivity contribution in [3.63, 3.8) is 0 Å². The van der Waals surface area contributed by atoms with Crippen molar-refractivity contribution in [1.82, 2.24) is 4.98 Å². The van der Waals surface area contributed by atoms with E-state index >= 15 is 0 Å². The number of carbonyl (C=O) groups is 1. The molecule has 0 amide bonds. The highest BCUT2D eigenvalue weighted by Crippen LogP contribution is 2.29. The van der Waals surface area contributed by atoms with Crippen molar-refractivity contribution in [2.75, 3.05) is 5.75 Å². The molecule has 2 rings (SSSR count). The van der Waals surface area contributed by atoms with Crippen LogP contribution in [-0.4, -0.2) is 22.8 Å². The van der Waals surface area contributed by atoms with Crippen LogP contribution in [-0.2, 0) is 9.53 Å². The van der Waals surface area contributed by atoms with E-state index in [4.69, 9.17) is 4.74 Å². The van der Waals surface area contributed by atoms with Gasteiger partial charge in [0.2, 0.25) is 0 Å². The number of hydrogen-bond donors (Lipinski definition) is 0. The van der Waals surface area contributed by atoms with Crippen LogP contribution in [0.4, 0.5) is 0 Å². The highest BCUT2D eigenvalue weighted by Gasteiger charge is 2.26. The summed E-state index contributed by atoms with van der Waals surface area (Å²) in [5, 5.41) is 0. The number of ether oxygens (including phenoxy) is 1. The first kappa shape index (κ1) is 14.4. The SMILES string of the molecule is CC[C@H]1CCCC[C@@H]1OC(=O)CSc1ccncc1.